The zero-order valence-electron chi connectivity index (χ0n) is 13.1. The third-order valence-electron chi connectivity index (χ3n) is 4.27. The van der Waals surface area contributed by atoms with Crippen molar-refractivity contribution in [2.45, 2.75) is 45.2 Å². The van der Waals surface area contributed by atoms with Gasteiger partial charge in [-0.15, -0.1) is 0 Å². The van der Waals surface area contributed by atoms with E-state index in [1.54, 1.807) is 14.2 Å². The van der Waals surface area contributed by atoms with Crippen LogP contribution in [-0.4, -0.2) is 57.5 Å². The maximum absolute atomic E-state index is 6.42. The van der Waals surface area contributed by atoms with Crippen molar-refractivity contribution in [1.82, 2.24) is 4.90 Å². The Morgan fingerprint density at radius 2 is 1.74 bits per heavy atom. The second-order valence-electron chi connectivity index (χ2n) is 6.08. The minimum Gasteiger partial charge on any atom is -0.385 e. The maximum Gasteiger partial charge on any atom is 0.0589 e. The molecule has 0 bridgehead atoms. The average Bonchev–Trinajstić information content (AvgIpc) is 2.34. The van der Waals surface area contributed by atoms with Crippen LogP contribution in [0.15, 0.2) is 0 Å². The Morgan fingerprint density at radius 1 is 1.05 bits per heavy atom. The molecule has 4 unspecified atom stereocenters. The van der Waals surface area contributed by atoms with Gasteiger partial charge in [-0.3, -0.25) is 4.90 Å². The van der Waals surface area contributed by atoms with E-state index in [0.717, 1.165) is 45.1 Å². The quantitative estimate of drug-likeness (QED) is 0.684. The van der Waals surface area contributed by atoms with Gasteiger partial charge in [-0.25, -0.2) is 0 Å². The number of ether oxygens (including phenoxy) is 2. The molecule has 19 heavy (non-hydrogen) atoms. The summed E-state index contributed by atoms with van der Waals surface area (Å²) in [7, 11) is 3.52. The lowest BCUT2D eigenvalue weighted by Gasteiger charge is -2.44. The molecule has 0 aliphatic heterocycles. The second-order valence-corrected chi connectivity index (χ2v) is 6.08. The van der Waals surface area contributed by atoms with Crippen molar-refractivity contribution in [2.24, 2.45) is 17.6 Å². The summed E-state index contributed by atoms with van der Waals surface area (Å²) in [5.41, 5.74) is 6.42. The summed E-state index contributed by atoms with van der Waals surface area (Å²) in [6, 6.07) is 0.779. The van der Waals surface area contributed by atoms with Crippen LogP contribution in [0.25, 0.3) is 0 Å². The summed E-state index contributed by atoms with van der Waals surface area (Å²) in [4.78, 5) is 2.52. The van der Waals surface area contributed by atoms with Crippen LogP contribution in [-0.2, 0) is 9.47 Å². The molecule has 1 rings (SSSR count). The van der Waals surface area contributed by atoms with Gasteiger partial charge in [0, 0.05) is 46.0 Å². The van der Waals surface area contributed by atoms with E-state index in [4.69, 9.17) is 15.2 Å². The predicted octanol–water partition coefficient (Wildman–Crippen LogP) is 1.73. The third-order valence-corrected chi connectivity index (χ3v) is 4.27. The number of nitrogens with two attached hydrogens (primary N) is 1. The van der Waals surface area contributed by atoms with Crippen LogP contribution in [0.2, 0.25) is 0 Å². The van der Waals surface area contributed by atoms with E-state index in [1.807, 2.05) is 0 Å². The molecule has 0 aromatic rings. The molecule has 0 radical (unpaired) electrons. The number of hydrogen-bond donors (Lipinski definition) is 1. The SMILES string of the molecule is COCCCN(CCOC)C1C(C)CC(C)CC1N. The van der Waals surface area contributed by atoms with Crippen molar-refractivity contribution in [3.8, 4) is 0 Å². The van der Waals surface area contributed by atoms with E-state index in [0.29, 0.717) is 12.0 Å². The highest BCUT2D eigenvalue weighted by Crippen LogP contribution is 2.31. The van der Waals surface area contributed by atoms with Gasteiger partial charge in [-0.2, -0.15) is 0 Å². The molecule has 0 heterocycles. The molecule has 0 saturated heterocycles. The average molecular weight is 272 g/mol. The maximum atomic E-state index is 6.42. The van der Waals surface area contributed by atoms with Gasteiger partial charge < -0.3 is 15.2 Å². The minimum atomic E-state index is 0.290. The Bertz CT molecular complexity index is 226. The van der Waals surface area contributed by atoms with Gasteiger partial charge >= 0.3 is 0 Å². The van der Waals surface area contributed by atoms with Gasteiger partial charge in [-0.1, -0.05) is 13.8 Å². The predicted molar refractivity (Wildman–Crippen MR) is 79.3 cm³/mol. The monoisotopic (exact) mass is 272 g/mol. The topological polar surface area (TPSA) is 47.7 Å². The first kappa shape index (κ1) is 16.9. The first-order valence-electron chi connectivity index (χ1n) is 7.57. The molecule has 2 N–H and O–H groups in total. The molecule has 4 nitrogen and oxygen atoms in total. The van der Waals surface area contributed by atoms with Gasteiger partial charge in [0.2, 0.25) is 0 Å². The molecule has 0 spiro atoms. The highest BCUT2D eigenvalue weighted by molar-refractivity contribution is 4.92. The fraction of sp³-hybridized carbons (Fsp3) is 1.00. The van der Waals surface area contributed by atoms with E-state index in [9.17, 15) is 0 Å². The van der Waals surface area contributed by atoms with E-state index in [-0.39, 0.29) is 6.04 Å². The Kier molecular flexibility index (Phi) is 7.91. The normalized spacial score (nSPS) is 31.9. The number of methoxy groups -OCH3 is 2. The van der Waals surface area contributed by atoms with E-state index >= 15 is 0 Å². The first-order valence-corrected chi connectivity index (χ1v) is 7.57. The summed E-state index contributed by atoms with van der Waals surface area (Å²) in [6.07, 6.45) is 3.49. The van der Waals surface area contributed by atoms with Crippen molar-refractivity contribution in [3.63, 3.8) is 0 Å². The molecule has 1 aliphatic rings. The third kappa shape index (κ3) is 5.38. The number of rotatable bonds is 8. The fourth-order valence-electron chi connectivity index (χ4n) is 3.56. The van der Waals surface area contributed by atoms with Crippen molar-refractivity contribution in [1.29, 1.82) is 0 Å². The smallest absolute Gasteiger partial charge is 0.0589 e. The highest BCUT2D eigenvalue weighted by atomic mass is 16.5. The number of hydrogen-bond acceptors (Lipinski definition) is 4. The van der Waals surface area contributed by atoms with Crippen molar-refractivity contribution >= 4 is 0 Å². The molecular formula is C15H32N2O2. The van der Waals surface area contributed by atoms with Crippen molar-refractivity contribution < 1.29 is 9.47 Å². The molecule has 114 valence electrons. The molecule has 0 amide bonds. The number of nitrogens with zero attached hydrogens (tertiary/aromatic N) is 1. The van der Waals surface area contributed by atoms with E-state index in [2.05, 4.69) is 18.7 Å². The van der Waals surface area contributed by atoms with Crippen LogP contribution in [0.4, 0.5) is 0 Å². The largest absolute Gasteiger partial charge is 0.385 e. The van der Waals surface area contributed by atoms with Gasteiger partial charge in [0.25, 0.3) is 0 Å². The Balaban J connectivity index is 2.59. The molecule has 4 atom stereocenters. The standard InChI is InChI=1S/C15H32N2O2/c1-12-10-13(2)15(14(16)11-12)17(7-9-19-4)6-5-8-18-3/h12-15H,5-11,16H2,1-4H3. The van der Waals surface area contributed by atoms with Crippen LogP contribution in [0, 0.1) is 11.8 Å². The van der Waals surface area contributed by atoms with Crippen molar-refractivity contribution in [3.05, 3.63) is 0 Å². The molecule has 0 aromatic carbocycles. The summed E-state index contributed by atoms with van der Waals surface area (Å²) in [6.45, 7) is 8.27. The molecule has 1 saturated carbocycles. The highest BCUT2D eigenvalue weighted by Gasteiger charge is 2.35. The summed E-state index contributed by atoms with van der Waals surface area (Å²) in [5.74, 6) is 1.42. The van der Waals surface area contributed by atoms with E-state index < -0.39 is 0 Å². The molecular weight excluding hydrogens is 240 g/mol. The zero-order chi connectivity index (χ0) is 14.3. The summed E-state index contributed by atoms with van der Waals surface area (Å²) in [5, 5.41) is 0. The lowest BCUT2D eigenvalue weighted by atomic mass is 9.76. The zero-order valence-corrected chi connectivity index (χ0v) is 13.1. The van der Waals surface area contributed by atoms with Crippen LogP contribution < -0.4 is 5.73 Å². The molecule has 1 aliphatic carbocycles. The van der Waals surface area contributed by atoms with Gasteiger partial charge in [0.05, 0.1) is 6.61 Å². The minimum absolute atomic E-state index is 0.290. The molecule has 0 aromatic heterocycles. The van der Waals surface area contributed by atoms with Crippen LogP contribution in [0.1, 0.15) is 33.1 Å². The van der Waals surface area contributed by atoms with Crippen LogP contribution in [0.5, 0.6) is 0 Å². The molecule has 4 heteroatoms. The summed E-state index contributed by atoms with van der Waals surface area (Å²) < 4.78 is 10.4. The van der Waals surface area contributed by atoms with Crippen molar-refractivity contribution in [2.75, 3.05) is 40.5 Å². The van der Waals surface area contributed by atoms with Gasteiger partial charge in [0.1, 0.15) is 0 Å². The first-order chi connectivity index (χ1) is 9.10. The van der Waals surface area contributed by atoms with Gasteiger partial charge in [-0.05, 0) is 31.1 Å². The lowest BCUT2D eigenvalue weighted by Crippen LogP contribution is -2.55. The summed E-state index contributed by atoms with van der Waals surface area (Å²) >= 11 is 0. The van der Waals surface area contributed by atoms with Gasteiger partial charge in [0.15, 0.2) is 0 Å². The van der Waals surface area contributed by atoms with Crippen LogP contribution >= 0.6 is 0 Å². The Hall–Kier alpha value is -0.160. The van der Waals surface area contributed by atoms with Crippen LogP contribution in [0.3, 0.4) is 0 Å². The second kappa shape index (κ2) is 8.90. The lowest BCUT2D eigenvalue weighted by molar-refractivity contribution is 0.0455. The Labute approximate surface area is 118 Å². The molecule has 1 fully saturated rings. The fourth-order valence-corrected chi connectivity index (χ4v) is 3.56. The van der Waals surface area contributed by atoms with E-state index in [1.165, 1.54) is 6.42 Å². The Morgan fingerprint density at radius 3 is 2.32 bits per heavy atom.